The van der Waals surface area contributed by atoms with Crippen LogP contribution in [0.25, 0.3) is 0 Å². The summed E-state index contributed by atoms with van der Waals surface area (Å²) < 4.78 is 19.6. The number of aromatic nitrogens is 4. The van der Waals surface area contributed by atoms with Crippen molar-refractivity contribution in [1.82, 2.24) is 30.4 Å². The van der Waals surface area contributed by atoms with Crippen molar-refractivity contribution < 1.29 is 13.9 Å². The first-order valence-electron chi connectivity index (χ1n) is 11.5. The van der Waals surface area contributed by atoms with Crippen LogP contribution in [0.15, 0.2) is 36.8 Å². The monoisotopic (exact) mass is 484 g/mol. The van der Waals surface area contributed by atoms with Gasteiger partial charge in [0.05, 0.1) is 29.5 Å². The van der Waals surface area contributed by atoms with Crippen LogP contribution in [-0.4, -0.2) is 50.9 Å². The van der Waals surface area contributed by atoms with Crippen LogP contribution in [0.5, 0.6) is 0 Å². The molecule has 1 fully saturated rings. The first kappa shape index (κ1) is 22.7. The second-order valence-corrected chi connectivity index (χ2v) is 9.18. The normalized spacial score (nSPS) is 17.3. The van der Waals surface area contributed by atoms with E-state index in [2.05, 4.69) is 20.5 Å². The minimum Gasteiger partial charge on any atom is -0.381 e. The van der Waals surface area contributed by atoms with Crippen LogP contribution in [0.1, 0.15) is 47.1 Å². The molecule has 1 aromatic carbocycles. The Morgan fingerprint density at radius 1 is 1.29 bits per heavy atom. The molecule has 1 saturated heterocycles. The Morgan fingerprint density at radius 3 is 2.91 bits per heavy atom. The number of nitrogens with zero attached hydrogens (tertiary/aromatic N) is 4. The molecule has 2 amide bonds. The SMILES string of the molecule is O=C(N[C@H](c1cn[nH]c1)c1ccc(Cl)c(F)c1)N1CCc2cnc(CC3CCOCC3)nc2C1. The van der Waals surface area contributed by atoms with Crippen molar-refractivity contribution in [2.24, 2.45) is 5.92 Å². The number of ether oxygens (including phenoxy) is 1. The molecular weight excluding hydrogens is 459 g/mol. The van der Waals surface area contributed by atoms with Gasteiger partial charge in [0.25, 0.3) is 0 Å². The number of carbonyl (C=O) groups is 1. The van der Waals surface area contributed by atoms with E-state index in [1.807, 2.05) is 6.20 Å². The summed E-state index contributed by atoms with van der Waals surface area (Å²) in [6.07, 6.45) is 8.75. The van der Waals surface area contributed by atoms with Gasteiger partial charge in [-0.25, -0.2) is 19.2 Å². The lowest BCUT2D eigenvalue weighted by Crippen LogP contribution is -2.44. The molecule has 5 rings (SSSR count). The van der Waals surface area contributed by atoms with Crippen molar-refractivity contribution >= 4 is 17.6 Å². The second kappa shape index (κ2) is 10.1. The summed E-state index contributed by atoms with van der Waals surface area (Å²) in [5.74, 6) is 0.814. The molecule has 4 heterocycles. The number of aromatic amines is 1. The van der Waals surface area contributed by atoms with Gasteiger partial charge in [0, 0.05) is 44.1 Å². The van der Waals surface area contributed by atoms with Gasteiger partial charge in [-0.3, -0.25) is 5.10 Å². The molecule has 0 radical (unpaired) electrons. The third-order valence-corrected chi connectivity index (χ3v) is 6.80. The molecule has 0 aliphatic carbocycles. The van der Waals surface area contributed by atoms with Gasteiger partial charge in [-0.1, -0.05) is 17.7 Å². The van der Waals surface area contributed by atoms with E-state index in [4.69, 9.17) is 21.3 Å². The number of H-pyrrole nitrogens is 1. The number of amides is 2. The van der Waals surface area contributed by atoms with Gasteiger partial charge in [-0.2, -0.15) is 5.10 Å². The molecule has 2 aromatic heterocycles. The predicted octanol–water partition coefficient (Wildman–Crippen LogP) is 3.82. The molecule has 0 spiro atoms. The number of fused-ring (bicyclic) bond motifs is 1. The largest absolute Gasteiger partial charge is 0.381 e. The molecule has 10 heteroatoms. The third-order valence-electron chi connectivity index (χ3n) is 6.49. The maximum Gasteiger partial charge on any atom is 0.318 e. The zero-order valence-electron chi connectivity index (χ0n) is 18.6. The fourth-order valence-electron chi connectivity index (χ4n) is 4.51. The summed E-state index contributed by atoms with van der Waals surface area (Å²) in [5.41, 5.74) is 3.26. The van der Waals surface area contributed by atoms with E-state index in [9.17, 15) is 9.18 Å². The van der Waals surface area contributed by atoms with E-state index in [-0.39, 0.29) is 11.1 Å². The Balaban J connectivity index is 1.30. The standard InChI is InChI=1S/C24H26ClFN6O2/c25-19-2-1-16(10-20(19)26)23(18-12-28-29-13-18)31-24(33)32-6-3-17-11-27-22(30-21(17)14-32)9-15-4-7-34-8-5-15/h1-2,10-13,15,23H,3-9,14H2,(H,28,29)(H,31,33)/t23-/m0/s1. The van der Waals surface area contributed by atoms with Crippen molar-refractivity contribution in [2.45, 2.75) is 38.3 Å². The first-order chi connectivity index (χ1) is 16.6. The lowest BCUT2D eigenvalue weighted by molar-refractivity contribution is 0.0659. The first-order valence-corrected chi connectivity index (χ1v) is 11.8. The van der Waals surface area contributed by atoms with Crippen molar-refractivity contribution in [2.75, 3.05) is 19.8 Å². The summed E-state index contributed by atoms with van der Waals surface area (Å²) >= 11 is 5.85. The molecule has 2 aliphatic heterocycles. The van der Waals surface area contributed by atoms with Gasteiger partial charge in [-0.05, 0) is 48.4 Å². The van der Waals surface area contributed by atoms with Crippen LogP contribution >= 0.6 is 11.6 Å². The van der Waals surface area contributed by atoms with Crippen LogP contribution < -0.4 is 5.32 Å². The molecule has 3 aromatic rings. The third kappa shape index (κ3) is 5.05. The maximum absolute atomic E-state index is 14.1. The predicted molar refractivity (Wildman–Crippen MR) is 124 cm³/mol. The number of halogens is 2. The fraction of sp³-hybridized carbons (Fsp3) is 0.417. The Kier molecular flexibility index (Phi) is 6.73. The minimum atomic E-state index is -0.575. The quantitative estimate of drug-likeness (QED) is 0.574. The molecular formula is C24H26ClFN6O2. The zero-order valence-corrected chi connectivity index (χ0v) is 19.4. The zero-order chi connectivity index (χ0) is 23.5. The molecule has 0 unspecified atom stereocenters. The van der Waals surface area contributed by atoms with Gasteiger partial charge < -0.3 is 15.0 Å². The molecule has 2 N–H and O–H groups in total. The molecule has 0 saturated carbocycles. The highest BCUT2D eigenvalue weighted by Gasteiger charge is 2.27. The molecule has 0 bridgehead atoms. The number of urea groups is 1. The Hall–Kier alpha value is -3.04. The summed E-state index contributed by atoms with van der Waals surface area (Å²) in [6, 6.07) is 3.69. The van der Waals surface area contributed by atoms with Gasteiger partial charge in [-0.15, -0.1) is 0 Å². The summed E-state index contributed by atoms with van der Waals surface area (Å²) in [4.78, 5) is 24.3. The van der Waals surface area contributed by atoms with Gasteiger partial charge in [0.15, 0.2) is 0 Å². The van der Waals surface area contributed by atoms with E-state index in [1.165, 1.54) is 12.1 Å². The van der Waals surface area contributed by atoms with Crippen LogP contribution in [0, 0.1) is 11.7 Å². The summed E-state index contributed by atoms with van der Waals surface area (Å²) in [7, 11) is 0. The Morgan fingerprint density at radius 2 is 2.15 bits per heavy atom. The molecule has 2 aliphatic rings. The number of carbonyl (C=O) groups excluding carboxylic acids is 1. The average molecular weight is 485 g/mol. The Labute approximate surface area is 201 Å². The van der Waals surface area contributed by atoms with Crippen LogP contribution in [-0.2, 0) is 24.1 Å². The molecule has 34 heavy (non-hydrogen) atoms. The van der Waals surface area contributed by atoms with Crippen LogP contribution in [0.4, 0.5) is 9.18 Å². The van der Waals surface area contributed by atoms with Gasteiger partial charge in [0.1, 0.15) is 11.6 Å². The second-order valence-electron chi connectivity index (χ2n) is 8.78. The number of rotatable bonds is 5. The van der Waals surface area contributed by atoms with Crippen LogP contribution in [0.2, 0.25) is 5.02 Å². The summed E-state index contributed by atoms with van der Waals surface area (Å²) in [6.45, 7) is 2.53. The minimum absolute atomic E-state index is 0.0323. The van der Waals surface area contributed by atoms with E-state index < -0.39 is 11.9 Å². The smallest absolute Gasteiger partial charge is 0.318 e. The van der Waals surface area contributed by atoms with E-state index in [0.717, 1.165) is 49.6 Å². The lowest BCUT2D eigenvalue weighted by atomic mass is 9.96. The van der Waals surface area contributed by atoms with Crippen molar-refractivity contribution in [3.8, 4) is 0 Å². The van der Waals surface area contributed by atoms with Gasteiger partial charge >= 0.3 is 6.03 Å². The highest BCUT2D eigenvalue weighted by molar-refractivity contribution is 6.30. The Bertz CT molecular complexity index is 1150. The number of benzene rings is 1. The van der Waals surface area contributed by atoms with Crippen molar-refractivity contribution in [3.05, 3.63) is 75.8 Å². The van der Waals surface area contributed by atoms with Crippen LogP contribution in [0.3, 0.4) is 0 Å². The molecule has 1 atom stereocenters. The van der Waals surface area contributed by atoms with E-state index in [0.29, 0.717) is 36.6 Å². The number of hydrogen-bond donors (Lipinski definition) is 2. The maximum atomic E-state index is 14.1. The molecule has 178 valence electrons. The van der Waals surface area contributed by atoms with Crippen molar-refractivity contribution in [1.29, 1.82) is 0 Å². The van der Waals surface area contributed by atoms with Gasteiger partial charge in [0.2, 0.25) is 0 Å². The highest BCUT2D eigenvalue weighted by Crippen LogP contribution is 2.26. The average Bonchev–Trinajstić information content (AvgIpc) is 3.39. The fourth-order valence-corrected chi connectivity index (χ4v) is 4.63. The number of hydrogen-bond acceptors (Lipinski definition) is 5. The topological polar surface area (TPSA) is 96.0 Å². The van der Waals surface area contributed by atoms with E-state index in [1.54, 1.807) is 23.4 Å². The number of nitrogens with one attached hydrogen (secondary N) is 2. The summed E-state index contributed by atoms with van der Waals surface area (Å²) in [5, 5.41) is 9.79. The lowest BCUT2D eigenvalue weighted by Gasteiger charge is -2.30. The highest BCUT2D eigenvalue weighted by atomic mass is 35.5. The van der Waals surface area contributed by atoms with E-state index >= 15 is 0 Å². The molecule has 8 nitrogen and oxygen atoms in total. The van der Waals surface area contributed by atoms with Crippen molar-refractivity contribution in [3.63, 3.8) is 0 Å².